The molecule has 0 aromatic heterocycles. The van der Waals surface area contributed by atoms with E-state index in [9.17, 15) is 4.79 Å². The van der Waals surface area contributed by atoms with Gasteiger partial charge in [-0.05, 0) is 37.3 Å². The number of ether oxygens (including phenoxy) is 2. The van der Waals surface area contributed by atoms with Crippen LogP contribution < -0.4 is 14.8 Å². The van der Waals surface area contributed by atoms with Gasteiger partial charge in [0.25, 0.3) is 5.91 Å². The summed E-state index contributed by atoms with van der Waals surface area (Å²) in [5.74, 6) is 1.67. The van der Waals surface area contributed by atoms with E-state index in [1.54, 1.807) is 13.2 Å². The van der Waals surface area contributed by atoms with Crippen LogP contribution in [0.3, 0.4) is 0 Å². The first-order chi connectivity index (χ1) is 11.7. The number of aryl methyl sites for hydroxylation is 1. The third-order valence-electron chi connectivity index (χ3n) is 3.54. The third kappa shape index (κ3) is 3.63. The number of nitrogens with zero attached hydrogens (tertiary/aromatic N) is 1. The van der Waals surface area contributed by atoms with E-state index in [-0.39, 0.29) is 12.5 Å². The van der Waals surface area contributed by atoms with Crippen LogP contribution in [0.25, 0.3) is 6.08 Å². The van der Waals surface area contributed by atoms with Crippen molar-refractivity contribution in [3.63, 3.8) is 0 Å². The Morgan fingerprint density at radius 1 is 1.17 bits per heavy atom. The molecule has 2 aromatic carbocycles. The molecule has 1 aliphatic rings. The van der Waals surface area contributed by atoms with Gasteiger partial charge in [-0.1, -0.05) is 29.8 Å². The van der Waals surface area contributed by atoms with Crippen molar-refractivity contribution in [2.45, 2.75) is 6.92 Å². The Hall–Kier alpha value is -3.08. The fraction of sp³-hybridized carbons (Fsp3) is 0.158. The summed E-state index contributed by atoms with van der Waals surface area (Å²) in [6.45, 7) is 2.19. The summed E-state index contributed by atoms with van der Waals surface area (Å²) in [5.41, 5.74) is 2.24. The molecule has 0 spiro atoms. The van der Waals surface area contributed by atoms with E-state index in [0.29, 0.717) is 17.3 Å². The van der Waals surface area contributed by atoms with Crippen LogP contribution in [-0.4, -0.2) is 25.5 Å². The number of rotatable bonds is 5. The number of amides is 1. The molecule has 1 N–H and O–H groups in total. The van der Waals surface area contributed by atoms with Gasteiger partial charge in [0.2, 0.25) is 0 Å². The van der Waals surface area contributed by atoms with Gasteiger partial charge in [-0.15, -0.1) is 0 Å². The Labute approximate surface area is 140 Å². The predicted octanol–water partition coefficient (Wildman–Crippen LogP) is 2.95. The molecule has 2 aromatic rings. The van der Waals surface area contributed by atoms with E-state index in [4.69, 9.17) is 9.47 Å². The first-order valence-electron chi connectivity index (χ1n) is 7.59. The molecule has 0 bridgehead atoms. The monoisotopic (exact) mass is 322 g/mol. The van der Waals surface area contributed by atoms with Gasteiger partial charge in [-0.2, -0.15) is 0 Å². The molecule has 5 nitrogen and oxygen atoms in total. The molecule has 0 aliphatic carbocycles. The molecule has 1 heterocycles. The van der Waals surface area contributed by atoms with Crippen molar-refractivity contribution in [3.05, 3.63) is 65.4 Å². The van der Waals surface area contributed by atoms with Crippen molar-refractivity contribution < 1.29 is 14.3 Å². The molecule has 24 heavy (non-hydrogen) atoms. The van der Waals surface area contributed by atoms with Crippen molar-refractivity contribution >= 4 is 17.8 Å². The van der Waals surface area contributed by atoms with Gasteiger partial charge in [0.1, 0.15) is 29.6 Å². The SMILES string of the molecule is COc1ccc(C)cc1/C=C1/N=C(COc2ccccc2)NC1=O. The van der Waals surface area contributed by atoms with Crippen molar-refractivity contribution in [2.24, 2.45) is 4.99 Å². The summed E-state index contributed by atoms with van der Waals surface area (Å²) < 4.78 is 10.9. The number of carbonyl (C=O) groups is 1. The molecule has 122 valence electrons. The zero-order valence-corrected chi connectivity index (χ0v) is 13.6. The summed E-state index contributed by atoms with van der Waals surface area (Å²) in [4.78, 5) is 16.4. The Bertz CT molecular complexity index is 811. The van der Waals surface area contributed by atoms with Crippen LogP contribution in [0, 0.1) is 6.92 Å². The van der Waals surface area contributed by atoms with E-state index in [1.165, 1.54) is 0 Å². The van der Waals surface area contributed by atoms with Crippen LogP contribution >= 0.6 is 0 Å². The van der Waals surface area contributed by atoms with E-state index in [0.717, 1.165) is 16.9 Å². The lowest BCUT2D eigenvalue weighted by Gasteiger charge is -2.05. The van der Waals surface area contributed by atoms with E-state index >= 15 is 0 Å². The highest BCUT2D eigenvalue weighted by Crippen LogP contribution is 2.23. The molecular weight excluding hydrogens is 304 g/mol. The van der Waals surface area contributed by atoms with Gasteiger partial charge in [-0.3, -0.25) is 4.79 Å². The first kappa shape index (κ1) is 15.8. The van der Waals surface area contributed by atoms with Crippen LogP contribution in [-0.2, 0) is 4.79 Å². The molecule has 3 rings (SSSR count). The highest BCUT2D eigenvalue weighted by Gasteiger charge is 2.20. The van der Waals surface area contributed by atoms with Crippen molar-refractivity contribution in [1.82, 2.24) is 5.32 Å². The summed E-state index contributed by atoms with van der Waals surface area (Å²) in [7, 11) is 1.60. The van der Waals surface area contributed by atoms with Crippen LogP contribution in [0.5, 0.6) is 11.5 Å². The molecular formula is C19H18N2O3. The minimum absolute atomic E-state index is 0.206. The van der Waals surface area contributed by atoms with Crippen molar-refractivity contribution in [2.75, 3.05) is 13.7 Å². The maximum atomic E-state index is 12.1. The molecule has 1 amide bonds. The lowest BCUT2D eigenvalue weighted by molar-refractivity contribution is -0.115. The summed E-state index contributed by atoms with van der Waals surface area (Å²) in [6.07, 6.45) is 1.72. The smallest absolute Gasteiger partial charge is 0.275 e. The second-order valence-corrected chi connectivity index (χ2v) is 5.39. The van der Waals surface area contributed by atoms with E-state index in [2.05, 4.69) is 10.3 Å². The lowest BCUT2D eigenvalue weighted by Crippen LogP contribution is -2.28. The zero-order valence-electron chi connectivity index (χ0n) is 13.6. The average Bonchev–Trinajstić information content (AvgIpc) is 2.94. The van der Waals surface area contributed by atoms with Gasteiger partial charge in [0, 0.05) is 5.56 Å². The molecule has 0 unspecified atom stereocenters. The van der Waals surface area contributed by atoms with Crippen LogP contribution in [0.2, 0.25) is 0 Å². The minimum Gasteiger partial charge on any atom is -0.496 e. The number of benzene rings is 2. The zero-order chi connectivity index (χ0) is 16.9. The number of nitrogens with one attached hydrogen (secondary N) is 1. The van der Waals surface area contributed by atoms with Crippen molar-refractivity contribution in [3.8, 4) is 11.5 Å². The number of methoxy groups -OCH3 is 1. The standard InChI is InChI=1S/C19H18N2O3/c1-13-8-9-17(23-2)14(10-13)11-16-19(22)21-18(20-16)12-24-15-6-4-3-5-7-15/h3-11H,12H2,1-2H3,(H,20,21,22)/b16-11+. The normalized spacial score (nSPS) is 15.2. The highest BCUT2D eigenvalue weighted by atomic mass is 16.5. The Morgan fingerprint density at radius 2 is 1.96 bits per heavy atom. The van der Waals surface area contributed by atoms with Crippen LogP contribution in [0.4, 0.5) is 0 Å². The topological polar surface area (TPSA) is 59.9 Å². The number of para-hydroxylation sites is 1. The Balaban J connectivity index is 1.78. The molecule has 5 heteroatoms. The Morgan fingerprint density at radius 3 is 2.71 bits per heavy atom. The maximum absolute atomic E-state index is 12.1. The van der Waals surface area contributed by atoms with Crippen LogP contribution in [0.1, 0.15) is 11.1 Å². The fourth-order valence-electron chi connectivity index (χ4n) is 2.37. The number of amidine groups is 1. The fourth-order valence-corrected chi connectivity index (χ4v) is 2.37. The van der Waals surface area contributed by atoms with Gasteiger partial charge in [0.05, 0.1) is 7.11 Å². The number of aliphatic imine (C=N–C) groups is 1. The summed E-state index contributed by atoms with van der Waals surface area (Å²) >= 11 is 0. The van der Waals surface area contributed by atoms with Gasteiger partial charge < -0.3 is 14.8 Å². The second kappa shape index (κ2) is 7.00. The molecule has 0 radical (unpaired) electrons. The number of hydrogen-bond donors (Lipinski definition) is 1. The first-order valence-corrected chi connectivity index (χ1v) is 7.59. The average molecular weight is 322 g/mol. The third-order valence-corrected chi connectivity index (χ3v) is 3.54. The largest absolute Gasteiger partial charge is 0.496 e. The van der Waals surface area contributed by atoms with Crippen LogP contribution in [0.15, 0.2) is 59.2 Å². The molecule has 0 atom stereocenters. The lowest BCUT2D eigenvalue weighted by atomic mass is 10.1. The molecule has 0 fully saturated rings. The van der Waals surface area contributed by atoms with Gasteiger partial charge >= 0.3 is 0 Å². The van der Waals surface area contributed by atoms with E-state index in [1.807, 2.05) is 55.5 Å². The minimum atomic E-state index is -0.245. The summed E-state index contributed by atoms with van der Waals surface area (Å²) in [5, 5.41) is 2.72. The number of carbonyl (C=O) groups excluding carboxylic acids is 1. The van der Waals surface area contributed by atoms with Gasteiger partial charge in [0.15, 0.2) is 0 Å². The quantitative estimate of drug-likeness (QED) is 0.861. The Kier molecular flexibility index (Phi) is 4.61. The van der Waals surface area contributed by atoms with Gasteiger partial charge in [-0.25, -0.2) is 4.99 Å². The summed E-state index contributed by atoms with van der Waals surface area (Å²) in [6, 6.07) is 15.2. The molecule has 0 saturated carbocycles. The molecule has 0 saturated heterocycles. The van der Waals surface area contributed by atoms with Crippen molar-refractivity contribution in [1.29, 1.82) is 0 Å². The predicted molar refractivity (Wildman–Crippen MR) is 93.2 cm³/mol. The second-order valence-electron chi connectivity index (χ2n) is 5.39. The number of hydrogen-bond acceptors (Lipinski definition) is 4. The molecule has 1 aliphatic heterocycles. The van der Waals surface area contributed by atoms with E-state index < -0.39 is 0 Å². The highest BCUT2D eigenvalue weighted by molar-refractivity contribution is 6.14. The maximum Gasteiger partial charge on any atom is 0.275 e.